The van der Waals surface area contributed by atoms with Crippen molar-refractivity contribution in [1.82, 2.24) is 5.32 Å². The molecule has 0 aromatic heterocycles. The highest BCUT2D eigenvalue weighted by Crippen LogP contribution is 2.46. The Kier molecular flexibility index (Phi) is 2.97. The molecular weight excluding hydrogens is 203 g/mol. The summed E-state index contributed by atoms with van der Waals surface area (Å²) in [5.41, 5.74) is 0.475. The quantitative estimate of drug-likeness (QED) is 0.772. The van der Waals surface area contributed by atoms with E-state index in [0.29, 0.717) is 17.8 Å². The van der Waals surface area contributed by atoms with E-state index in [1.807, 2.05) is 0 Å². The Hall–Kier alpha value is -0.250. The van der Waals surface area contributed by atoms with Crippen molar-refractivity contribution in [3.63, 3.8) is 0 Å². The molecule has 1 spiro atoms. The lowest BCUT2D eigenvalue weighted by atomic mass is 9.79. The maximum Gasteiger partial charge on any atom is 0.389 e. The van der Waals surface area contributed by atoms with Crippen LogP contribution in [0.1, 0.15) is 38.5 Å². The molecule has 1 nitrogen and oxygen atoms in total. The fourth-order valence-electron chi connectivity index (χ4n) is 2.96. The van der Waals surface area contributed by atoms with Crippen LogP contribution in [-0.2, 0) is 0 Å². The lowest BCUT2D eigenvalue weighted by Gasteiger charge is -2.39. The van der Waals surface area contributed by atoms with E-state index >= 15 is 0 Å². The highest BCUT2D eigenvalue weighted by atomic mass is 19.4. The van der Waals surface area contributed by atoms with Crippen molar-refractivity contribution in [3.8, 4) is 0 Å². The van der Waals surface area contributed by atoms with Gasteiger partial charge in [-0.15, -0.1) is 0 Å². The standard InChI is InChI=1S/C11H18F3N/c12-11(13,14)4-1-2-9-3-5-10(6-9)7-15-8-10/h9,15H,1-8H2. The molecule has 15 heavy (non-hydrogen) atoms. The van der Waals surface area contributed by atoms with Crippen LogP contribution in [0, 0.1) is 11.3 Å². The molecule has 0 aromatic carbocycles. The number of nitrogens with one attached hydrogen (secondary N) is 1. The molecule has 0 aromatic rings. The lowest BCUT2D eigenvalue weighted by molar-refractivity contribution is -0.136. The monoisotopic (exact) mass is 221 g/mol. The molecule has 88 valence electrons. The predicted octanol–water partition coefficient (Wildman–Crippen LogP) is 3.11. The minimum atomic E-state index is -3.96. The Bertz CT molecular complexity index is 220. The average Bonchev–Trinajstić information content (AvgIpc) is 2.45. The van der Waals surface area contributed by atoms with Gasteiger partial charge in [-0.25, -0.2) is 0 Å². The van der Waals surface area contributed by atoms with Gasteiger partial charge in [-0.2, -0.15) is 13.2 Å². The van der Waals surface area contributed by atoms with E-state index < -0.39 is 12.6 Å². The Balaban J connectivity index is 1.65. The van der Waals surface area contributed by atoms with Crippen molar-refractivity contribution in [3.05, 3.63) is 0 Å². The van der Waals surface area contributed by atoms with Crippen LogP contribution < -0.4 is 5.32 Å². The molecule has 1 heterocycles. The van der Waals surface area contributed by atoms with E-state index in [9.17, 15) is 13.2 Å². The van der Waals surface area contributed by atoms with Gasteiger partial charge in [-0.05, 0) is 37.0 Å². The first kappa shape index (κ1) is 11.2. The van der Waals surface area contributed by atoms with Crippen molar-refractivity contribution in [1.29, 1.82) is 0 Å². The summed E-state index contributed by atoms with van der Waals surface area (Å²) in [4.78, 5) is 0. The SMILES string of the molecule is FC(F)(F)CCCC1CCC2(CNC2)C1. The molecule has 1 aliphatic heterocycles. The van der Waals surface area contributed by atoms with Crippen LogP contribution >= 0.6 is 0 Å². The molecule has 1 atom stereocenters. The zero-order valence-corrected chi connectivity index (χ0v) is 8.87. The van der Waals surface area contributed by atoms with Gasteiger partial charge in [-0.1, -0.05) is 6.42 Å². The molecule has 2 rings (SSSR count). The molecule has 0 radical (unpaired) electrons. The van der Waals surface area contributed by atoms with E-state index in [1.54, 1.807) is 0 Å². The number of halogens is 3. The maximum atomic E-state index is 11.9. The van der Waals surface area contributed by atoms with Crippen molar-refractivity contribution < 1.29 is 13.2 Å². The van der Waals surface area contributed by atoms with Crippen molar-refractivity contribution >= 4 is 0 Å². The summed E-state index contributed by atoms with van der Waals surface area (Å²) < 4.78 is 35.8. The Labute approximate surface area is 88.4 Å². The van der Waals surface area contributed by atoms with Gasteiger partial charge in [-0.3, -0.25) is 0 Å². The van der Waals surface area contributed by atoms with Gasteiger partial charge in [0.05, 0.1) is 0 Å². The number of alkyl halides is 3. The molecule has 0 amide bonds. The van der Waals surface area contributed by atoms with Gasteiger partial charge >= 0.3 is 6.18 Å². The maximum absolute atomic E-state index is 11.9. The average molecular weight is 221 g/mol. The molecular formula is C11H18F3N. The Morgan fingerprint density at radius 2 is 2.00 bits per heavy atom. The zero-order chi connectivity index (χ0) is 10.9. The summed E-state index contributed by atoms with van der Waals surface area (Å²) in [6.45, 7) is 2.17. The largest absolute Gasteiger partial charge is 0.389 e. The first-order valence-corrected chi connectivity index (χ1v) is 5.77. The Morgan fingerprint density at radius 1 is 1.27 bits per heavy atom. The predicted molar refractivity (Wildman–Crippen MR) is 52.5 cm³/mol. The third-order valence-corrected chi connectivity index (χ3v) is 3.88. The normalized spacial score (nSPS) is 29.4. The smallest absolute Gasteiger partial charge is 0.316 e. The van der Waals surface area contributed by atoms with Crippen LogP contribution in [0.15, 0.2) is 0 Å². The highest BCUT2D eigenvalue weighted by Gasteiger charge is 2.43. The summed E-state index contributed by atoms with van der Waals surface area (Å²) in [7, 11) is 0. The molecule has 1 N–H and O–H groups in total. The van der Waals surface area contributed by atoms with Crippen LogP contribution in [0.25, 0.3) is 0 Å². The second-order valence-corrected chi connectivity index (χ2v) is 5.22. The number of rotatable bonds is 3. The summed E-state index contributed by atoms with van der Waals surface area (Å²) in [5, 5.41) is 3.26. The van der Waals surface area contributed by atoms with Crippen molar-refractivity contribution in [2.75, 3.05) is 13.1 Å². The molecule has 2 fully saturated rings. The van der Waals surface area contributed by atoms with Gasteiger partial charge in [0.1, 0.15) is 0 Å². The van der Waals surface area contributed by atoms with E-state index in [4.69, 9.17) is 0 Å². The van der Waals surface area contributed by atoms with Gasteiger partial charge < -0.3 is 5.32 Å². The molecule has 1 aliphatic carbocycles. The second-order valence-electron chi connectivity index (χ2n) is 5.22. The molecule has 0 bridgehead atoms. The summed E-state index contributed by atoms with van der Waals surface area (Å²) in [5.74, 6) is 0.550. The molecule has 1 saturated heterocycles. The Morgan fingerprint density at radius 3 is 2.47 bits per heavy atom. The van der Waals surface area contributed by atoms with Crippen LogP contribution in [-0.4, -0.2) is 19.3 Å². The topological polar surface area (TPSA) is 12.0 Å². The molecule has 2 aliphatic rings. The summed E-state index contributed by atoms with van der Waals surface area (Å²) >= 11 is 0. The van der Waals surface area contributed by atoms with E-state index in [1.165, 1.54) is 6.42 Å². The molecule has 4 heteroatoms. The third kappa shape index (κ3) is 2.86. The first-order chi connectivity index (χ1) is 6.99. The lowest BCUT2D eigenvalue weighted by Crippen LogP contribution is -2.51. The minimum absolute atomic E-state index is 0.317. The van der Waals surface area contributed by atoms with E-state index in [-0.39, 0.29) is 0 Å². The van der Waals surface area contributed by atoms with Crippen LogP contribution in [0.2, 0.25) is 0 Å². The first-order valence-electron chi connectivity index (χ1n) is 5.77. The third-order valence-electron chi connectivity index (χ3n) is 3.88. The van der Waals surface area contributed by atoms with Crippen molar-refractivity contribution in [2.24, 2.45) is 11.3 Å². The highest BCUT2D eigenvalue weighted by molar-refractivity contribution is 4.98. The van der Waals surface area contributed by atoms with Crippen LogP contribution in [0.3, 0.4) is 0 Å². The zero-order valence-electron chi connectivity index (χ0n) is 8.87. The fourth-order valence-corrected chi connectivity index (χ4v) is 2.96. The number of hydrogen-bond acceptors (Lipinski definition) is 1. The fraction of sp³-hybridized carbons (Fsp3) is 1.00. The number of hydrogen-bond donors (Lipinski definition) is 1. The summed E-state index contributed by atoms with van der Waals surface area (Å²) in [6.07, 6.45) is 0.0239. The van der Waals surface area contributed by atoms with E-state index in [0.717, 1.165) is 32.4 Å². The van der Waals surface area contributed by atoms with Gasteiger partial charge in [0.15, 0.2) is 0 Å². The molecule has 1 unspecified atom stereocenters. The van der Waals surface area contributed by atoms with Crippen LogP contribution in [0.5, 0.6) is 0 Å². The van der Waals surface area contributed by atoms with Crippen molar-refractivity contribution in [2.45, 2.75) is 44.7 Å². The second kappa shape index (κ2) is 3.96. The van der Waals surface area contributed by atoms with Gasteiger partial charge in [0.2, 0.25) is 0 Å². The van der Waals surface area contributed by atoms with E-state index in [2.05, 4.69) is 5.32 Å². The van der Waals surface area contributed by atoms with Gasteiger partial charge in [0, 0.05) is 19.5 Å². The summed E-state index contributed by atoms with van der Waals surface area (Å²) in [6, 6.07) is 0. The minimum Gasteiger partial charge on any atom is -0.316 e. The molecule has 1 saturated carbocycles. The van der Waals surface area contributed by atoms with Crippen LogP contribution in [0.4, 0.5) is 13.2 Å². The van der Waals surface area contributed by atoms with Gasteiger partial charge in [0.25, 0.3) is 0 Å².